The minimum Gasteiger partial charge on any atom is -0.456 e. The largest absolute Gasteiger partial charge is 0.456 e. The van der Waals surface area contributed by atoms with Crippen molar-refractivity contribution in [3.63, 3.8) is 0 Å². The van der Waals surface area contributed by atoms with E-state index >= 15 is 0 Å². The van der Waals surface area contributed by atoms with E-state index in [0.717, 1.165) is 72.5 Å². The first-order chi connectivity index (χ1) is 28.2. The van der Waals surface area contributed by atoms with Crippen molar-refractivity contribution in [3.8, 4) is 90.2 Å². The second kappa shape index (κ2) is 13.6. The first kappa shape index (κ1) is 32.7. The highest BCUT2D eigenvalue weighted by Crippen LogP contribution is 2.48. The summed E-state index contributed by atoms with van der Waals surface area (Å²) in [5.41, 5.74) is 11.6. The summed E-state index contributed by atoms with van der Waals surface area (Å²) in [7, 11) is 0. The topological polar surface area (TPSA) is 47.9 Å². The van der Waals surface area contributed by atoms with Crippen LogP contribution in [0.4, 0.5) is 0 Å². The van der Waals surface area contributed by atoms with Crippen LogP contribution in [0.2, 0.25) is 0 Å². The smallest absolute Gasteiger partial charge is 0.164 e. The highest BCUT2D eigenvalue weighted by molar-refractivity contribution is 6.04. The molecule has 11 rings (SSSR count). The molecule has 0 saturated carbocycles. The Bertz CT molecular complexity index is 3130. The van der Waals surface area contributed by atoms with Gasteiger partial charge < -0.3 is 4.74 Å². The molecule has 0 amide bonds. The molecule has 4 heteroatoms. The highest BCUT2D eigenvalue weighted by Gasteiger charge is 2.21. The van der Waals surface area contributed by atoms with Gasteiger partial charge in [0.2, 0.25) is 0 Å². The van der Waals surface area contributed by atoms with Crippen LogP contribution in [0.3, 0.4) is 0 Å². The Morgan fingerprint density at radius 1 is 0.263 bits per heavy atom. The average Bonchev–Trinajstić information content (AvgIpc) is 3.29. The second-order valence-corrected chi connectivity index (χ2v) is 14.4. The van der Waals surface area contributed by atoms with Crippen LogP contribution < -0.4 is 4.74 Å². The molecular formula is C53H33N3O. The molecule has 0 bridgehead atoms. The van der Waals surface area contributed by atoms with E-state index in [1.807, 2.05) is 36.4 Å². The fourth-order valence-electron chi connectivity index (χ4n) is 8.00. The Balaban J connectivity index is 1.09. The molecule has 1 aliphatic heterocycles. The van der Waals surface area contributed by atoms with Crippen molar-refractivity contribution in [2.75, 3.05) is 0 Å². The zero-order valence-electron chi connectivity index (χ0n) is 30.8. The van der Waals surface area contributed by atoms with Crippen molar-refractivity contribution in [1.29, 1.82) is 0 Å². The molecule has 0 unspecified atom stereocenters. The first-order valence-corrected chi connectivity index (χ1v) is 19.2. The van der Waals surface area contributed by atoms with Crippen LogP contribution in [-0.4, -0.2) is 15.0 Å². The van der Waals surface area contributed by atoms with Crippen molar-refractivity contribution in [3.05, 3.63) is 200 Å². The Hall–Kier alpha value is -7.69. The summed E-state index contributed by atoms with van der Waals surface area (Å²) in [6.07, 6.45) is 0. The third-order valence-electron chi connectivity index (χ3n) is 10.9. The van der Waals surface area contributed by atoms with E-state index in [0.29, 0.717) is 17.5 Å². The van der Waals surface area contributed by atoms with Gasteiger partial charge in [-0.3, -0.25) is 0 Å². The normalized spacial score (nSPS) is 11.6. The summed E-state index contributed by atoms with van der Waals surface area (Å²) in [4.78, 5) is 15.4. The van der Waals surface area contributed by atoms with Crippen LogP contribution in [-0.2, 0) is 0 Å². The molecule has 2 heterocycles. The molecular weight excluding hydrogens is 695 g/mol. The second-order valence-electron chi connectivity index (χ2n) is 14.4. The molecule has 1 aliphatic rings. The fraction of sp³-hybridized carbons (Fsp3) is 0. The molecule has 0 saturated heterocycles. The van der Waals surface area contributed by atoms with E-state index in [9.17, 15) is 0 Å². The third kappa shape index (κ3) is 6.01. The van der Waals surface area contributed by atoms with E-state index in [4.69, 9.17) is 19.7 Å². The molecule has 0 aliphatic carbocycles. The van der Waals surface area contributed by atoms with E-state index in [1.54, 1.807) is 0 Å². The molecule has 9 aromatic carbocycles. The summed E-state index contributed by atoms with van der Waals surface area (Å²) >= 11 is 0. The lowest BCUT2D eigenvalue weighted by Gasteiger charge is -2.22. The lowest BCUT2D eigenvalue weighted by molar-refractivity contribution is 0.487. The quantitative estimate of drug-likeness (QED) is 0.171. The number of aromatic nitrogens is 3. The maximum absolute atomic E-state index is 6.62. The van der Waals surface area contributed by atoms with Gasteiger partial charge in [0.05, 0.1) is 0 Å². The SMILES string of the molecule is c1ccc(-c2ccc(-c3nc(-c4ccccc4)nc(-c4cc(-c5ccc6c(c5)Oc5cccc7cccc-6c57)cc(-c5ccc6ccccc6c5)c4)n3)cc2)cc1. The lowest BCUT2D eigenvalue weighted by Crippen LogP contribution is -2.01. The Labute approximate surface area is 330 Å². The van der Waals surface area contributed by atoms with Gasteiger partial charge in [0.15, 0.2) is 17.5 Å². The number of hydrogen-bond acceptors (Lipinski definition) is 4. The van der Waals surface area contributed by atoms with Crippen LogP contribution in [0.5, 0.6) is 11.5 Å². The van der Waals surface area contributed by atoms with Crippen molar-refractivity contribution >= 4 is 21.5 Å². The molecule has 1 aromatic heterocycles. The number of rotatable bonds is 6. The summed E-state index contributed by atoms with van der Waals surface area (Å²) in [5.74, 6) is 3.55. The summed E-state index contributed by atoms with van der Waals surface area (Å²) in [6.45, 7) is 0. The lowest BCUT2D eigenvalue weighted by atomic mass is 9.91. The van der Waals surface area contributed by atoms with Crippen molar-refractivity contribution in [1.82, 2.24) is 15.0 Å². The zero-order chi connectivity index (χ0) is 37.7. The zero-order valence-corrected chi connectivity index (χ0v) is 30.8. The molecule has 0 spiro atoms. The first-order valence-electron chi connectivity index (χ1n) is 19.2. The van der Waals surface area contributed by atoms with Gasteiger partial charge in [0.25, 0.3) is 0 Å². The molecule has 0 radical (unpaired) electrons. The van der Waals surface area contributed by atoms with Crippen LogP contribution in [0.1, 0.15) is 0 Å². The minimum absolute atomic E-state index is 0.602. The number of benzene rings is 9. The summed E-state index contributed by atoms with van der Waals surface area (Å²) in [6, 6.07) is 70.0. The Morgan fingerprint density at radius 2 is 0.772 bits per heavy atom. The number of nitrogens with zero attached hydrogens (tertiary/aromatic N) is 3. The van der Waals surface area contributed by atoms with E-state index < -0.39 is 0 Å². The molecule has 10 aromatic rings. The van der Waals surface area contributed by atoms with Crippen molar-refractivity contribution < 1.29 is 4.74 Å². The van der Waals surface area contributed by atoms with Crippen LogP contribution in [0.15, 0.2) is 200 Å². The summed E-state index contributed by atoms with van der Waals surface area (Å²) in [5, 5.41) is 4.71. The van der Waals surface area contributed by atoms with Gasteiger partial charge in [-0.25, -0.2) is 15.0 Å². The Morgan fingerprint density at radius 3 is 1.51 bits per heavy atom. The van der Waals surface area contributed by atoms with Crippen molar-refractivity contribution in [2.24, 2.45) is 0 Å². The monoisotopic (exact) mass is 727 g/mol. The molecule has 0 atom stereocenters. The highest BCUT2D eigenvalue weighted by atomic mass is 16.5. The van der Waals surface area contributed by atoms with Gasteiger partial charge in [-0.1, -0.05) is 158 Å². The van der Waals surface area contributed by atoms with Gasteiger partial charge in [-0.2, -0.15) is 0 Å². The predicted molar refractivity (Wildman–Crippen MR) is 233 cm³/mol. The molecule has 4 nitrogen and oxygen atoms in total. The molecule has 0 fully saturated rings. The average molecular weight is 728 g/mol. The number of ether oxygens (including phenoxy) is 1. The van der Waals surface area contributed by atoms with Crippen LogP contribution in [0, 0.1) is 0 Å². The van der Waals surface area contributed by atoms with Crippen LogP contribution >= 0.6 is 0 Å². The number of hydrogen-bond donors (Lipinski definition) is 0. The van der Waals surface area contributed by atoms with Gasteiger partial charge in [-0.15, -0.1) is 0 Å². The van der Waals surface area contributed by atoms with E-state index in [-0.39, 0.29) is 0 Å². The van der Waals surface area contributed by atoms with Gasteiger partial charge >= 0.3 is 0 Å². The standard InChI is InChI=1S/C53H33N3O/c1-3-11-34(12-4-1)36-21-24-39(25-22-36)52-54-51(38-14-5-2-6-15-38)55-53(56-52)45-31-43(41-26-23-35-13-7-8-16-40(35)29-41)30-44(32-45)42-27-28-46-47-19-9-17-37-18-10-20-48(50(37)47)57-49(46)33-42/h1-33H. The van der Waals surface area contributed by atoms with E-state index in [1.165, 1.54) is 21.7 Å². The molecule has 57 heavy (non-hydrogen) atoms. The third-order valence-corrected chi connectivity index (χ3v) is 10.9. The van der Waals surface area contributed by atoms with E-state index in [2.05, 4.69) is 164 Å². The minimum atomic E-state index is 0.602. The maximum atomic E-state index is 6.62. The molecule has 266 valence electrons. The van der Waals surface area contributed by atoms with Crippen LogP contribution in [0.25, 0.3) is 100 Å². The number of fused-ring (bicyclic) bond motifs is 3. The van der Waals surface area contributed by atoms with Gasteiger partial charge in [0.1, 0.15) is 11.5 Å². The fourth-order valence-corrected chi connectivity index (χ4v) is 8.00. The predicted octanol–water partition coefficient (Wildman–Crippen LogP) is 14.0. The van der Waals surface area contributed by atoms with Gasteiger partial charge in [0, 0.05) is 27.6 Å². The van der Waals surface area contributed by atoms with Gasteiger partial charge in [-0.05, 0) is 97.6 Å². The maximum Gasteiger partial charge on any atom is 0.164 e. The molecule has 0 N–H and O–H groups in total. The van der Waals surface area contributed by atoms with Crippen molar-refractivity contribution in [2.45, 2.75) is 0 Å². The Kier molecular flexibility index (Phi) is 7.78. The summed E-state index contributed by atoms with van der Waals surface area (Å²) < 4.78 is 6.62.